The molecule has 3 heterocycles. The molecule has 0 bridgehead atoms. The van der Waals surface area contributed by atoms with Crippen LogP contribution in [0.3, 0.4) is 0 Å². The van der Waals surface area contributed by atoms with Gasteiger partial charge in [-0.1, -0.05) is 6.07 Å². The largest absolute Gasteiger partial charge is 0.490 e. The minimum Gasteiger partial charge on any atom is -0.490 e. The quantitative estimate of drug-likeness (QED) is 0.792. The summed E-state index contributed by atoms with van der Waals surface area (Å²) in [5.41, 5.74) is -0.235. The van der Waals surface area contributed by atoms with Crippen molar-refractivity contribution in [3.63, 3.8) is 0 Å². The molecule has 4 aliphatic rings. The van der Waals surface area contributed by atoms with Crippen LogP contribution in [0.1, 0.15) is 51.2 Å². The minimum atomic E-state index is -0.744. The number of hydrogen-bond donors (Lipinski definition) is 1. The van der Waals surface area contributed by atoms with Gasteiger partial charge in [0, 0.05) is 36.2 Å². The third-order valence-corrected chi connectivity index (χ3v) is 7.53. The van der Waals surface area contributed by atoms with E-state index in [0.717, 1.165) is 25.0 Å². The second-order valence-corrected chi connectivity index (χ2v) is 9.11. The Kier molecular flexibility index (Phi) is 3.89. The molecule has 0 radical (unpaired) electrons. The third kappa shape index (κ3) is 2.42. The molecular weight excluding hydrogens is 420 g/mol. The fraction of sp³-hybridized carbons (Fsp3) is 0.435. The van der Waals surface area contributed by atoms with Gasteiger partial charge < -0.3 is 15.0 Å². The van der Waals surface area contributed by atoms with Crippen molar-refractivity contribution < 1.29 is 23.1 Å². The first-order valence-corrected chi connectivity index (χ1v) is 10.8. The lowest BCUT2D eigenvalue weighted by atomic mass is 9.95. The zero-order valence-corrected chi connectivity index (χ0v) is 17.4. The first-order valence-electron chi connectivity index (χ1n) is 10.8. The van der Waals surface area contributed by atoms with Crippen molar-refractivity contribution in [3.05, 3.63) is 62.6 Å². The number of aromatic nitrogens is 1. The number of methoxy groups -OCH3 is 1. The van der Waals surface area contributed by atoms with Gasteiger partial charge in [-0.15, -0.1) is 0 Å². The van der Waals surface area contributed by atoms with Crippen LogP contribution in [-0.2, 0) is 18.6 Å². The Bertz CT molecular complexity index is 1270. The number of hydrogen-bond acceptors (Lipinski definition) is 4. The molecule has 3 atom stereocenters. The predicted molar refractivity (Wildman–Crippen MR) is 108 cm³/mol. The standard InChI is InChI=1S/C23H21F2N3O4/c1-32-19-17-14(5-7-27(21(17)30)10-12-2-3-13(24)9-16(12)25)18-20(29)26-23(28(18)22(19)31)6-4-11-8-15(11)23/h2-3,9,11,15H,4-8,10H2,1H3,(H,26,29)/t11-,15+,23?/m1/s1. The van der Waals surface area contributed by atoms with E-state index in [4.69, 9.17) is 4.74 Å². The summed E-state index contributed by atoms with van der Waals surface area (Å²) in [6.45, 7) is 0.162. The number of nitrogens with one attached hydrogen (secondary N) is 1. The van der Waals surface area contributed by atoms with Gasteiger partial charge in [0.25, 0.3) is 17.4 Å². The smallest absolute Gasteiger partial charge is 0.296 e. The number of ether oxygens (including phenoxy) is 1. The molecule has 2 aliphatic heterocycles. The van der Waals surface area contributed by atoms with Crippen LogP contribution in [0.15, 0.2) is 23.0 Å². The molecule has 7 nitrogen and oxygen atoms in total. The first-order chi connectivity index (χ1) is 15.4. The lowest BCUT2D eigenvalue weighted by Crippen LogP contribution is -2.48. The van der Waals surface area contributed by atoms with Crippen LogP contribution in [0.4, 0.5) is 8.78 Å². The van der Waals surface area contributed by atoms with Crippen molar-refractivity contribution >= 4 is 11.8 Å². The number of pyridine rings is 1. The summed E-state index contributed by atoms with van der Waals surface area (Å²) in [6.07, 6.45) is 2.94. The zero-order valence-electron chi connectivity index (χ0n) is 17.4. The van der Waals surface area contributed by atoms with Gasteiger partial charge >= 0.3 is 0 Å². The van der Waals surface area contributed by atoms with Crippen LogP contribution >= 0.6 is 0 Å². The van der Waals surface area contributed by atoms with E-state index in [1.165, 1.54) is 18.1 Å². The highest BCUT2D eigenvalue weighted by Gasteiger charge is 2.64. The number of benzene rings is 1. The lowest BCUT2D eigenvalue weighted by Gasteiger charge is -2.33. The molecule has 2 aliphatic carbocycles. The molecule has 1 N–H and O–H groups in total. The lowest BCUT2D eigenvalue weighted by molar-refractivity contribution is 0.0719. The molecule has 9 heteroatoms. The summed E-state index contributed by atoms with van der Waals surface area (Å²) in [4.78, 5) is 41.3. The molecule has 1 aromatic heterocycles. The van der Waals surface area contributed by atoms with E-state index < -0.39 is 28.8 Å². The topological polar surface area (TPSA) is 80.6 Å². The molecule has 0 saturated heterocycles. The molecule has 2 aromatic rings. The van der Waals surface area contributed by atoms with Gasteiger partial charge in [-0.3, -0.25) is 19.0 Å². The van der Waals surface area contributed by atoms with Crippen LogP contribution in [-0.4, -0.2) is 34.9 Å². The van der Waals surface area contributed by atoms with Gasteiger partial charge in [-0.05, 0) is 37.7 Å². The van der Waals surface area contributed by atoms with Gasteiger partial charge in [-0.25, -0.2) is 8.78 Å². The minimum absolute atomic E-state index is 0.0649. The van der Waals surface area contributed by atoms with Crippen LogP contribution in [0.2, 0.25) is 0 Å². The van der Waals surface area contributed by atoms with Crippen molar-refractivity contribution in [2.24, 2.45) is 11.8 Å². The summed E-state index contributed by atoms with van der Waals surface area (Å²) in [7, 11) is 1.33. The van der Waals surface area contributed by atoms with Crippen molar-refractivity contribution in [3.8, 4) is 5.75 Å². The molecule has 32 heavy (non-hydrogen) atoms. The fourth-order valence-corrected chi connectivity index (χ4v) is 5.98. The Hall–Kier alpha value is -3.23. The average molecular weight is 441 g/mol. The van der Waals surface area contributed by atoms with Gasteiger partial charge in [0.1, 0.15) is 23.0 Å². The van der Waals surface area contributed by atoms with E-state index in [0.29, 0.717) is 24.3 Å². The summed E-state index contributed by atoms with van der Waals surface area (Å²) in [5, 5.41) is 3.07. The summed E-state index contributed by atoms with van der Waals surface area (Å²) in [6, 6.07) is 3.21. The van der Waals surface area contributed by atoms with E-state index in [1.54, 1.807) is 4.57 Å². The third-order valence-electron chi connectivity index (χ3n) is 7.53. The average Bonchev–Trinajstić information content (AvgIpc) is 3.39. The van der Waals surface area contributed by atoms with Gasteiger partial charge in [0.2, 0.25) is 0 Å². The number of halogens is 2. The maximum Gasteiger partial charge on any atom is 0.296 e. The van der Waals surface area contributed by atoms with Gasteiger partial charge in [0.05, 0.1) is 12.7 Å². The molecule has 1 aromatic carbocycles. The van der Waals surface area contributed by atoms with Crippen LogP contribution < -0.4 is 15.6 Å². The summed E-state index contributed by atoms with van der Waals surface area (Å²) in [5.74, 6) is -1.62. The Morgan fingerprint density at radius 2 is 2.06 bits per heavy atom. The van der Waals surface area contributed by atoms with Crippen LogP contribution in [0, 0.1) is 23.5 Å². The summed E-state index contributed by atoms with van der Waals surface area (Å²) < 4.78 is 34.4. The molecule has 2 fully saturated rings. The van der Waals surface area contributed by atoms with Crippen molar-refractivity contribution in [2.45, 2.75) is 37.9 Å². The molecule has 2 saturated carbocycles. The number of rotatable bonds is 3. The monoisotopic (exact) mass is 441 g/mol. The molecule has 6 rings (SSSR count). The molecule has 1 unspecified atom stereocenters. The first kappa shape index (κ1) is 19.5. The SMILES string of the molecule is COc1c2c(c3n(c1=O)C1(CC[C@@H]4C[C@@H]41)NC3=O)CCN(Cc1ccc(F)cc1F)C2=O. The molecule has 1 spiro atoms. The van der Waals surface area contributed by atoms with E-state index in [-0.39, 0.29) is 47.5 Å². The number of nitrogens with zero attached hydrogens (tertiary/aromatic N) is 2. The van der Waals surface area contributed by atoms with E-state index in [1.807, 2.05) is 0 Å². The van der Waals surface area contributed by atoms with Gasteiger partial charge in [-0.2, -0.15) is 0 Å². The Labute approximate surface area is 182 Å². The highest BCUT2D eigenvalue weighted by Crippen LogP contribution is 2.61. The zero-order chi connectivity index (χ0) is 22.4. The second-order valence-electron chi connectivity index (χ2n) is 9.11. The Morgan fingerprint density at radius 1 is 1.25 bits per heavy atom. The number of fused-ring (bicyclic) bond motifs is 6. The van der Waals surface area contributed by atoms with Gasteiger partial charge in [0.15, 0.2) is 5.75 Å². The maximum absolute atomic E-state index is 14.2. The molecular formula is C23H21F2N3O4. The molecule has 166 valence electrons. The Morgan fingerprint density at radius 3 is 2.72 bits per heavy atom. The fourth-order valence-electron chi connectivity index (χ4n) is 5.98. The van der Waals surface area contributed by atoms with Crippen molar-refractivity contribution in [2.75, 3.05) is 13.7 Å². The normalized spacial score (nSPS) is 27.3. The molecule has 2 amide bonds. The predicted octanol–water partition coefficient (Wildman–Crippen LogP) is 2.16. The number of carbonyl (C=O) groups is 2. The van der Waals surface area contributed by atoms with E-state index in [9.17, 15) is 23.2 Å². The van der Waals surface area contributed by atoms with E-state index >= 15 is 0 Å². The maximum atomic E-state index is 14.2. The number of carbonyl (C=O) groups excluding carboxylic acids is 2. The van der Waals surface area contributed by atoms with Crippen LogP contribution in [0.25, 0.3) is 0 Å². The highest BCUT2D eigenvalue weighted by atomic mass is 19.1. The van der Waals surface area contributed by atoms with Crippen molar-refractivity contribution in [1.29, 1.82) is 0 Å². The number of amides is 2. The van der Waals surface area contributed by atoms with Crippen molar-refractivity contribution in [1.82, 2.24) is 14.8 Å². The van der Waals surface area contributed by atoms with E-state index in [2.05, 4.69) is 5.32 Å². The highest BCUT2D eigenvalue weighted by molar-refractivity contribution is 6.05. The summed E-state index contributed by atoms with van der Waals surface area (Å²) >= 11 is 0. The van der Waals surface area contributed by atoms with Crippen LogP contribution in [0.5, 0.6) is 5.75 Å². The second kappa shape index (κ2) is 6.40. The Balaban J connectivity index is 1.46.